The Hall–Kier alpha value is -3.06. The number of unbranched alkanes of at least 4 members (excludes halogenated alkanes) is 2. The van der Waals surface area contributed by atoms with Gasteiger partial charge in [-0.15, -0.1) is 0 Å². The lowest BCUT2D eigenvalue weighted by Gasteiger charge is -2.44. The van der Waals surface area contributed by atoms with Gasteiger partial charge in [0.25, 0.3) is 5.91 Å². The number of nitrogens with zero attached hydrogens (tertiary/aromatic N) is 1. The van der Waals surface area contributed by atoms with Gasteiger partial charge in [-0.25, -0.2) is 4.79 Å². The standard InChI is InChI=1S/C29H41N3O4/c1-6-32(28(35)36-29(3,4)5)26-20(2)25(21-13-9-7-10-14-21)31-24-16-15-22(19-23(24)26)27(34)30-17-11-8-12-18-33/h7,9-10,13-16,19-20,25-26,31,33H,6,8,11-12,17-18H2,1-5H3,(H,30,34). The molecular formula is C29H41N3O4. The van der Waals surface area contributed by atoms with E-state index < -0.39 is 5.60 Å². The molecular weight excluding hydrogens is 454 g/mol. The van der Waals surface area contributed by atoms with Gasteiger partial charge >= 0.3 is 6.09 Å². The topological polar surface area (TPSA) is 90.9 Å². The highest BCUT2D eigenvalue weighted by molar-refractivity contribution is 5.95. The third-order valence-corrected chi connectivity index (χ3v) is 6.55. The molecule has 0 saturated carbocycles. The van der Waals surface area contributed by atoms with Crippen molar-refractivity contribution in [2.75, 3.05) is 25.0 Å². The number of carbonyl (C=O) groups is 2. The van der Waals surface area contributed by atoms with Crippen LogP contribution in [0.15, 0.2) is 48.5 Å². The second-order valence-electron chi connectivity index (χ2n) is 10.4. The first kappa shape index (κ1) is 27.5. The van der Waals surface area contributed by atoms with Crippen molar-refractivity contribution in [1.82, 2.24) is 10.2 Å². The summed E-state index contributed by atoms with van der Waals surface area (Å²) in [6.07, 6.45) is 2.06. The highest BCUT2D eigenvalue weighted by Gasteiger charge is 2.40. The van der Waals surface area contributed by atoms with Gasteiger partial charge in [0, 0.05) is 36.9 Å². The Morgan fingerprint density at radius 2 is 1.81 bits per heavy atom. The third kappa shape index (κ3) is 6.78. The molecule has 3 N–H and O–H groups in total. The number of carbonyl (C=O) groups excluding carboxylic acids is 2. The largest absolute Gasteiger partial charge is 0.444 e. The van der Waals surface area contributed by atoms with Crippen LogP contribution >= 0.6 is 0 Å². The molecule has 0 spiro atoms. The van der Waals surface area contributed by atoms with Gasteiger partial charge in [0.2, 0.25) is 0 Å². The summed E-state index contributed by atoms with van der Waals surface area (Å²) in [6, 6.07) is 15.6. The van der Waals surface area contributed by atoms with Crippen LogP contribution in [-0.4, -0.2) is 47.3 Å². The molecule has 196 valence electrons. The average Bonchev–Trinajstić information content (AvgIpc) is 2.84. The summed E-state index contributed by atoms with van der Waals surface area (Å²) in [5, 5.41) is 15.6. The number of amides is 2. The number of benzene rings is 2. The van der Waals surface area contributed by atoms with E-state index in [4.69, 9.17) is 9.84 Å². The van der Waals surface area contributed by atoms with Gasteiger partial charge in [-0.2, -0.15) is 0 Å². The van der Waals surface area contributed by atoms with E-state index in [2.05, 4.69) is 29.7 Å². The predicted octanol–water partition coefficient (Wildman–Crippen LogP) is 5.68. The van der Waals surface area contributed by atoms with Crippen molar-refractivity contribution in [3.8, 4) is 0 Å². The van der Waals surface area contributed by atoms with E-state index in [1.165, 1.54) is 0 Å². The Bertz CT molecular complexity index is 1020. The molecule has 7 nitrogen and oxygen atoms in total. The molecule has 0 fully saturated rings. The van der Waals surface area contributed by atoms with Crippen molar-refractivity contribution < 1.29 is 19.4 Å². The van der Waals surface area contributed by atoms with Gasteiger partial charge in [0.1, 0.15) is 5.60 Å². The lowest BCUT2D eigenvalue weighted by atomic mass is 9.79. The van der Waals surface area contributed by atoms with Gasteiger partial charge in [0.15, 0.2) is 0 Å². The fourth-order valence-corrected chi connectivity index (χ4v) is 4.82. The monoisotopic (exact) mass is 495 g/mol. The Labute approximate surface area is 215 Å². The van der Waals surface area contributed by atoms with Crippen molar-refractivity contribution in [2.45, 2.75) is 71.6 Å². The van der Waals surface area contributed by atoms with Gasteiger partial charge < -0.3 is 25.4 Å². The van der Waals surface area contributed by atoms with E-state index in [1.54, 1.807) is 4.90 Å². The Balaban J connectivity index is 1.96. The van der Waals surface area contributed by atoms with Gasteiger partial charge in [-0.05, 0) is 76.3 Å². The molecule has 3 atom stereocenters. The smallest absolute Gasteiger partial charge is 0.410 e. The number of aliphatic hydroxyl groups is 1. The second kappa shape index (κ2) is 12.3. The van der Waals surface area contributed by atoms with E-state index in [0.29, 0.717) is 18.7 Å². The molecule has 3 unspecified atom stereocenters. The quantitative estimate of drug-likeness (QED) is 0.389. The molecule has 1 heterocycles. The Kier molecular flexibility index (Phi) is 9.37. The maximum atomic E-state index is 13.3. The van der Waals surface area contributed by atoms with Gasteiger partial charge in [0.05, 0.1) is 12.1 Å². The molecule has 0 radical (unpaired) electrons. The second-order valence-corrected chi connectivity index (χ2v) is 10.4. The SMILES string of the molecule is CCN(C(=O)OC(C)(C)C)C1c2cc(C(=O)NCCCCCO)ccc2NC(c2ccccc2)C1C. The maximum absolute atomic E-state index is 13.3. The highest BCUT2D eigenvalue weighted by Crippen LogP contribution is 2.46. The van der Waals surface area contributed by atoms with E-state index >= 15 is 0 Å². The summed E-state index contributed by atoms with van der Waals surface area (Å²) in [6.45, 7) is 10.9. The van der Waals surface area contributed by atoms with Crippen molar-refractivity contribution in [3.63, 3.8) is 0 Å². The average molecular weight is 496 g/mol. The highest BCUT2D eigenvalue weighted by atomic mass is 16.6. The van der Waals surface area contributed by atoms with E-state index in [-0.39, 0.29) is 36.6 Å². The zero-order valence-corrected chi connectivity index (χ0v) is 22.2. The maximum Gasteiger partial charge on any atom is 0.410 e. The van der Waals surface area contributed by atoms with Crippen LogP contribution in [0.1, 0.15) is 87.4 Å². The fraction of sp³-hybridized carbons (Fsp3) is 0.517. The molecule has 0 aliphatic carbocycles. The van der Waals surface area contributed by atoms with Crippen LogP contribution in [0.4, 0.5) is 10.5 Å². The lowest BCUT2D eigenvalue weighted by molar-refractivity contribution is 0.00939. The van der Waals surface area contributed by atoms with E-state index in [9.17, 15) is 9.59 Å². The predicted molar refractivity (Wildman–Crippen MR) is 143 cm³/mol. The molecule has 7 heteroatoms. The normalized spacial score (nSPS) is 19.1. The molecule has 1 aliphatic rings. The van der Waals surface area contributed by atoms with Crippen LogP contribution < -0.4 is 10.6 Å². The summed E-state index contributed by atoms with van der Waals surface area (Å²) in [4.78, 5) is 28.0. The van der Waals surface area contributed by atoms with Gasteiger partial charge in [-0.1, -0.05) is 37.3 Å². The van der Waals surface area contributed by atoms with Crippen molar-refractivity contribution >= 4 is 17.7 Å². The van der Waals surface area contributed by atoms with Crippen LogP contribution in [0.3, 0.4) is 0 Å². The summed E-state index contributed by atoms with van der Waals surface area (Å²) in [7, 11) is 0. The summed E-state index contributed by atoms with van der Waals surface area (Å²) in [5.74, 6) is -0.122. The molecule has 36 heavy (non-hydrogen) atoms. The zero-order chi connectivity index (χ0) is 26.3. The molecule has 2 amide bonds. The van der Waals surface area contributed by atoms with E-state index in [0.717, 1.165) is 36.1 Å². The fourth-order valence-electron chi connectivity index (χ4n) is 4.82. The first-order valence-corrected chi connectivity index (χ1v) is 13.0. The van der Waals surface area contributed by atoms with Crippen LogP contribution in [0.2, 0.25) is 0 Å². The molecule has 1 aliphatic heterocycles. The number of rotatable bonds is 9. The van der Waals surface area contributed by atoms with Crippen LogP contribution in [0.25, 0.3) is 0 Å². The van der Waals surface area contributed by atoms with Gasteiger partial charge in [-0.3, -0.25) is 4.79 Å². The summed E-state index contributed by atoms with van der Waals surface area (Å²) >= 11 is 0. The number of aliphatic hydroxyl groups excluding tert-OH is 1. The number of ether oxygens (including phenoxy) is 1. The number of nitrogens with one attached hydrogen (secondary N) is 2. The molecule has 2 aromatic carbocycles. The zero-order valence-electron chi connectivity index (χ0n) is 22.2. The van der Waals surface area contributed by atoms with Crippen molar-refractivity contribution in [1.29, 1.82) is 0 Å². The molecule has 0 aromatic heterocycles. The summed E-state index contributed by atoms with van der Waals surface area (Å²) in [5.41, 5.74) is 2.92. The van der Waals surface area contributed by atoms with Crippen molar-refractivity contribution in [3.05, 3.63) is 65.2 Å². The first-order chi connectivity index (χ1) is 17.2. The number of anilines is 1. The van der Waals surface area contributed by atoms with Crippen LogP contribution in [0.5, 0.6) is 0 Å². The Morgan fingerprint density at radius 1 is 1.08 bits per heavy atom. The van der Waals surface area contributed by atoms with E-state index in [1.807, 2.05) is 64.1 Å². The number of fused-ring (bicyclic) bond motifs is 1. The molecule has 3 rings (SSSR count). The van der Waals surface area contributed by atoms with Crippen LogP contribution in [0, 0.1) is 5.92 Å². The van der Waals surface area contributed by atoms with Crippen molar-refractivity contribution in [2.24, 2.45) is 5.92 Å². The Morgan fingerprint density at radius 3 is 2.44 bits per heavy atom. The minimum absolute atomic E-state index is 0.00797. The lowest BCUT2D eigenvalue weighted by Crippen LogP contribution is -2.45. The molecule has 0 bridgehead atoms. The minimum Gasteiger partial charge on any atom is -0.444 e. The third-order valence-electron chi connectivity index (χ3n) is 6.55. The number of hydrogen-bond acceptors (Lipinski definition) is 5. The first-order valence-electron chi connectivity index (χ1n) is 13.0. The van der Waals surface area contributed by atoms with Crippen LogP contribution in [-0.2, 0) is 4.74 Å². The minimum atomic E-state index is -0.611. The summed E-state index contributed by atoms with van der Waals surface area (Å²) < 4.78 is 5.78. The number of hydrogen-bond donors (Lipinski definition) is 3. The molecule has 0 saturated heterocycles. The molecule has 2 aromatic rings.